The van der Waals surface area contributed by atoms with Gasteiger partial charge in [0.2, 0.25) is 0 Å². The lowest BCUT2D eigenvalue weighted by Gasteiger charge is -2.11. The van der Waals surface area contributed by atoms with E-state index in [0.29, 0.717) is 6.54 Å². The number of allylic oxidation sites excluding steroid dienone is 2. The van der Waals surface area contributed by atoms with E-state index in [1.54, 1.807) is 6.08 Å². The van der Waals surface area contributed by atoms with Crippen LogP contribution >= 0.6 is 0 Å². The molecule has 26 heavy (non-hydrogen) atoms. The molecule has 0 fully saturated rings. The third-order valence-corrected chi connectivity index (χ3v) is 4.03. The van der Waals surface area contributed by atoms with Gasteiger partial charge in [0.05, 0.1) is 0 Å². The summed E-state index contributed by atoms with van der Waals surface area (Å²) in [6.07, 6.45) is 5.12. The zero-order valence-corrected chi connectivity index (χ0v) is 15.4. The van der Waals surface area contributed by atoms with Crippen LogP contribution in [0.1, 0.15) is 16.7 Å². The highest BCUT2D eigenvalue weighted by molar-refractivity contribution is 5.97. The van der Waals surface area contributed by atoms with E-state index in [0.717, 1.165) is 22.4 Å². The van der Waals surface area contributed by atoms with Gasteiger partial charge >= 0.3 is 0 Å². The minimum atomic E-state index is -0.372. The summed E-state index contributed by atoms with van der Waals surface area (Å²) in [5.41, 5.74) is 4.35. The topological polar surface area (TPSA) is 56.1 Å². The number of benzene rings is 2. The number of anilines is 1. The largest absolute Gasteiger partial charge is 0.378 e. The smallest absolute Gasteiger partial charge is 0.262 e. The zero-order valence-electron chi connectivity index (χ0n) is 15.4. The van der Waals surface area contributed by atoms with Gasteiger partial charge in [-0.2, -0.15) is 5.26 Å². The van der Waals surface area contributed by atoms with Crippen molar-refractivity contribution in [1.82, 2.24) is 5.32 Å². The van der Waals surface area contributed by atoms with Gasteiger partial charge in [0.25, 0.3) is 5.91 Å². The molecule has 4 nitrogen and oxygen atoms in total. The van der Waals surface area contributed by atoms with Gasteiger partial charge in [-0.05, 0) is 41.8 Å². The molecule has 0 aliphatic heterocycles. The normalized spacial score (nSPS) is 11.2. The molecule has 0 unspecified atom stereocenters. The van der Waals surface area contributed by atoms with E-state index in [-0.39, 0.29) is 11.5 Å². The average molecular weight is 345 g/mol. The van der Waals surface area contributed by atoms with Crippen molar-refractivity contribution in [3.05, 3.63) is 82.9 Å². The van der Waals surface area contributed by atoms with E-state index in [1.807, 2.05) is 86.6 Å². The maximum Gasteiger partial charge on any atom is 0.262 e. The second-order valence-electron chi connectivity index (χ2n) is 6.15. The highest BCUT2D eigenvalue weighted by Crippen LogP contribution is 2.13. The van der Waals surface area contributed by atoms with Crippen molar-refractivity contribution < 1.29 is 4.79 Å². The van der Waals surface area contributed by atoms with Gasteiger partial charge in [0.1, 0.15) is 11.6 Å². The van der Waals surface area contributed by atoms with Crippen LogP contribution in [0.3, 0.4) is 0 Å². The van der Waals surface area contributed by atoms with Crippen molar-refractivity contribution in [2.45, 2.75) is 13.5 Å². The predicted octanol–water partition coefficient (Wildman–Crippen LogP) is 3.84. The molecule has 0 aromatic heterocycles. The molecular formula is C22H23N3O. The highest BCUT2D eigenvalue weighted by Gasteiger charge is 2.07. The molecule has 2 aromatic rings. The number of hydrogen-bond donors (Lipinski definition) is 1. The molecule has 0 radical (unpaired) electrons. The Bertz CT molecular complexity index is 856. The Morgan fingerprint density at radius 3 is 2.46 bits per heavy atom. The summed E-state index contributed by atoms with van der Waals surface area (Å²) in [4.78, 5) is 14.2. The number of hydrogen-bond acceptors (Lipinski definition) is 3. The minimum absolute atomic E-state index is 0.0831. The van der Waals surface area contributed by atoms with Crippen molar-refractivity contribution in [2.24, 2.45) is 0 Å². The molecule has 0 heterocycles. The molecule has 0 spiro atoms. The minimum Gasteiger partial charge on any atom is -0.378 e. The number of nitriles is 1. The fourth-order valence-electron chi connectivity index (χ4n) is 2.38. The first-order chi connectivity index (χ1) is 12.5. The molecule has 2 aromatic carbocycles. The Morgan fingerprint density at radius 2 is 1.85 bits per heavy atom. The Balaban J connectivity index is 1.99. The van der Waals surface area contributed by atoms with Crippen molar-refractivity contribution in [3.8, 4) is 6.07 Å². The molecule has 1 N–H and O–H groups in total. The quantitative estimate of drug-likeness (QED) is 0.492. The molecule has 0 aliphatic carbocycles. The average Bonchev–Trinajstić information content (AvgIpc) is 2.64. The van der Waals surface area contributed by atoms with Crippen molar-refractivity contribution in [3.63, 3.8) is 0 Å². The van der Waals surface area contributed by atoms with Crippen LogP contribution in [0.25, 0.3) is 6.08 Å². The van der Waals surface area contributed by atoms with Gasteiger partial charge in [0.15, 0.2) is 0 Å². The number of nitrogens with zero attached hydrogens (tertiary/aromatic N) is 2. The first-order valence-electron chi connectivity index (χ1n) is 8.40. The summed E-state index contributed by atoms with van der Waals surface area (Å²) < 4.78 is 0. The Hall–Kier alpha value is -3.32. The molecule has 0 bridgehead atoms. The molecule has 132 valence electrons. The van der Waals surface area contributed by atoms with Crippen molar-refractivity contribution >= 4 is 17.7 Å². The first kappa shape index (κ1) is 19.0. The van der Waals surface area contributed by atoms with Crippen molar-refractivity contribution in [2.75, 3.05) is 19.0 Å². The number of rotatable bonds is 6. The Kier molecular flexibility index (Phi) is 6.75. The van der Waals surface area contributed by atoms with E-state index in [1.165, 1.54) is 6.08 Å². The van der Waals surface area contributed by atoms with Crippen LogP contribution in [-0.2, 0) is 11.3 Å². The predicted molar refractivity (Wildman–Crippen MR) is 107 cm³/mol. The van der Waals surface area contributed by atoms with Gasteiger partial charge in [-0.15, -0.1) is 0 Å². The number of aryl methyl sites for hydroxylation is 1. The summed E-state index contributed by atoms with van der Waals surface area (Å²) in [5, 5.41) is 12.0. The van der Waals surface area contributed by atoms with E-state index in [2.05, 4.69) is 5.32 Å². The summed E-state index contributed by atoms with van der Waals surface area (Å²) in [5.74, 6) is -0.372. The van der Waals surface area contributed by atoms with Crippen LogP contribution in [0, 0.1) is 18.3 Å². The first-order valence-corrected chi connectivity index (χ1v) is 8.40. The second-order valence-corrected chi connectivity index (χ2v) is 6.15. The highest BCUT2D eigenvalue weighted by atomic mass is 16.1. The fraction of sp³-hybridized carbons (Fsp3) is 0.182. The molecule has 4 heteroatoms. The number of carbonyl (C=O) groups excluding carboxylic acids is 1. The van der Waals surface area contributed by atoms with Crippen LogP contribution in [-0.4, -0.2) is 20.0 Å². The number of nitrogens with one attached hydrogen (secondary N) is 1. The van der Waals surface area contributed by atoms with E-state index in [4.69, 9.17) is 0 Å². The molecule has 2 rings (SSSR count). The lowest BCUT2D eigenvalue weighted by molar-refractivity contribution is -0.117. The molecular weight excluding hydrogens is 322 g/mol. The summed E-state index contributed by atoms with van der Waals surface area (Å²) >= 11 is 0. The van der Waals surface area contributed by atoms with Crippen LogP contribution in [0.5, 0.6) is 0 Å². The maximum atomic E-state index is 12.2. The fourth-order valence-corrected chi connectivity index (χ4v) is 2.38. The molecule has 0 saturated carbocycles. The molecule has 0 saturated heterocycles. The molecule has 1 amide bonds. The van der Waals surface area contributed by atoms with Crippen LogP contribution < -0.4 is 10.2 Å². The van der Waals surface area contributed by atoms with Crippen LogP contribution in [0.2, 0.25) is 0 Å². The molecule has 0 aliphatic rings. The lowest BCUT2D eigenvalue weighted by atomic mass is 10.1. The molecule has 0 atom stereocenters. The summed E-state index contributed by atoms with van der Waals surface area (Å²) in [7, 11) is 3.98. The SMILES string of the molecule is Cc1ccccc1CNC(=O)C(C#N)=CC=Cc1ccc(N(C)C)cc1. The second kappa shape index (κ2) is 9.24. The van der Waals surface area contributed by atoms with Gasteiger partial charge in [-0.3, -0.25) is 4.79 Å². The third-order valence-electron chi connectivity index (χ3n) is 4.03. The van der Waals surface area contributed by atoms with E-state index >= 15 is 0 Å². The summed E-state index contributed by atoms with van der Waals surface area (Å²) in [6.45, 7) is 2.40. The standard InChI is InChI=1S/C22H23N3O/c1-17-7-4-5-9-20(17)16-24-22(26)19(15-23)10-6-8-18-11-13-21(14-12-18)25(2)3/h4-14H,16H2,1-3H3,(H,24,26). The van der Waals surface area contributed by atoms with Gasteiger partial charge in [0, 0.05) is 26.3 Å². The summed E-state index contributed by atoms with van der Waals surface area (Å²) in [6, 6.07) is 17.8. The monoisotopic (exact) mass is 345 g/mol. The lowest BCUT2D eigenvalue weighted by Crippen LogP contribution is -2.24. The van der Waals surface area contributed by atoms with E-state index < -0.39 is 0 Å². The van der Waals surface area contributed by atoms with Crippen molar-refractivity contribution in [1.29, 1.82) is 5.26 Å². The Morgan fingerprint density at radius 1 is 1.15 bits per heavy atom. The van der Waals surface area contributed by atoms with Crippen LogP contribution in [0.15, 0.2) is 66.3 Å². The zero-order chi connectivity index (χ0) is 18.9. The van der Waals surface area contributed by atoms with Gasteiger partial charge in [-0.1, -0.05) is 48.6 Å². The number of carbonyl (C=O) groups is 1. The number of amides is 1. The third kappa shape index (κ3) is 5.35. The van der Waals surface area contributed by atoms with Crippen LogP contribution in [0.4, 0.5) is 5.69 Å². The maximum absolute atomic E-state index is 12.2. The van der Waals surface area contributed by atoms with Gasteiger partial charge < -0.3 is 10.2 Å². The van der Waals surface area contributed by atoms with E-state index in [9.17, 15) is 10.1 Å². The van der Waals surface area contributed by atoms with Gasteiger partial charge in [-0.25, -0.2) is 0 Å². The Labute approximate surface area is 155 Å².